The maximum atomic E-state index is 15.0. The van der Waals surface area contributed by atoms with Gasteiger partial charge in [0.05, 0.1) is 59.9 Å². The summed E-state index contributed by atoms with van der Waals surface area (Å²) in [7, 11) is 4.02. The van der Waals surface area contributed by atoms with Crippen molar-refractivity contribution in [2.45, 2.75) is 77.7 Å². The molecule has 75 heavy (non-hydrogen) atoms. The number of likely N-dealkylation sites (tertiary alicyclic amines) is 2. The first-order chi connectivity index (χ1) is 35.5. The Morgan fingerprint density at radius 1 is 0.613 bits per heavy atom. The van der Waals surface area contributed by atoms with Crippen molar-refractivity contribution in [3.05, 3.63) is 77.9 Å². The minimum atomic E-state index is -0.975. The number of carbonyl (C=O) groups excluding carboxylic acids is 2. The van der Waals surface area contributed by atoms with Crippen LogP contribution >= 0.6 is 11.6 Å². The van der Waals surface area contributed by atoms with E-state index in [2.05, 4.69) is 45.0 Å². The number of imidazole rings is 2. The normalized spacial score (nSPS) is 18.7. The largest absolute Gasteiger partial charge is 0.444 e. The minimum Gasteiger partial charge on any atom is -0.444 e. The summed E-state index contributed by atoms with van der Waals surface area (Å²) in [6, 6.07) is 6.11. The van der Waals surface area contributed by atoms with Gasteiger partial charge in [0.2, 0.25) is 11.2 Å². The summed E-state index contributed by atoms with van der Waals surface area (Å²) in [6.45, 7) is 19.3. The SMILES string of the molecule is CC(C)(C)OC(=O)N1CCC(n2cnc3cnc(Cl)nc32)C1.CN1CCN(c2ccc(N)c(F)c2F)CC1.CN1CCN(c2ccc(Nc3ncc4ncn(C5CCN(C(=O)OC(C)(C)C)C5)c4n3)c(F)c2F)CC1. The highest BCUT2D eigenvalue weighted by atomic mass is 35.5. The monoisotopic (exact) mass is 1060 g/mol. The van der Waals surface area contributed by atoms with Gasteiger partial charge in [0.25, 0.3) is 0 Å². The number of amides is 2. The summed E-state index contributed by atoms with van der Waals surface area (Å²) in [5.74, 6) is -3.53. The fourth-order valence-electron chi connectivity index (χ4n) is 9.04. The molecule has 4 saturated heterocycles. The number of hydrogen-bond donors (Lipinski definition) is 2. The van der Waals surface area contributed by atoms with E-state index in [0.29, 0.717) is 86.8 Å². The fraction of sp³-hybridized carbons (Fsp3) is 0.520. The molecule has 4 aliphatic heterocycles. The predicted octanol–water partition coefficient (Wildman–Crippen LogP) is 7.74. The van der Waals surface area contributed by atoms with Crippen LogP contribution in [0.3, 0.4) is 0 Å². The smallest absolute Gasteiger partial charge is 0.410 e. The first-order valence-corrected chi connectivity index (χ1v) is 25.3. The van der Waals surface area contributed by atoms with Crippen LogP contribution < -0.4 is 20.9 Å². The first-order valence-electron chi connectivity index (χ1n) is 24.9. The van der Waals surface area contributed by atoms with Gasteiger partial charge in [-0.1, -0.05) is 0 Å². The number of aromatic nitrogens is 8. The molecule has 4 aliphatic rings. The number of piperazine rings is 2. The zero-order chi connectivity index (χ0) is 53.9. The van der Waals surface area contributed by atoms with Gasteiger partial charge < -0.3 is 59.1 Å². The molecule has 0 aliphatic carbocycles. The van der Waals surface area contributed by atoms with Gasteiger partial charge in [-0.3, -0.25) is 0 Å². The van der Waals surface area contributed by atoms with E-state index in [1.807, 2.05) is 74.6 Å². The fourth-order valence-corrected chi connectivity index (χ4v) is 9.17. The maximum absolute atomic E-state index is 15.0. The lowest BCUT2D eigenvalue weighted by molar-refractivity contribution is 0.0278. The lowest BCUT2D eigenvalue weighted by Crippen LogP contribution is -2.44. The van der Waals surface area contributed by atoms with Crippen LogP contribution in [0.4, 0.5) is 55.8 Å². The molecule has 0 radical (unpaired) electrons. The van der Waals surface area contributed by atoms with Crippen LogP contribution in [0.25, 0.3) is 22.3 Å². The Kier molecular flexibility index (Phi) is 16.4. The zero-order valence-corrected chi connectivity index (χ0v) is 44.3. The third-order valence-corrected chi connectivity index (χ3v) is 13.3. The first kappa shape index (κ1) is 54.5. The topological polar surface area (TPSA) is 197 Å². The summed E-state index contributed by atoms with van der Waals surface area (Å²) in [5.41, 5.74) is 7.11. The number of rotatable bonds is 6. The number of ether oxygens (including phenoxy) is 2. The summed E-state index contributed by atoms with van der Waals surface area (Å²) in [5, 5.41) is 3.00. The van der Waals surface area contributed by atoms with Gasteiger partial charge in [-0.05, 0) is 104 Å². The molecule has 2 amide bonds. The lowest BCUT2D eigenvalue weighted by Gasteiger charge is -2.34. The molecule has 10 rings (SSSR count). The third-order valence-electron chi connectivity index (χ3n) is 13.1. The van der Waals surface area contributed by atoms with E-state index in [1.54, 1.807) is 40.8 Å². The van der Waals surface area contributed by atoms with Crippen molar-refractivity contribution in [3.63, 3.8) is 0 Å². The van der Waals surface area contributed by atoms with Crippen LogP contribution in [-0.4, -0.2) is 175 Å². The van der Waals surface area contributed by atoms with E-state index < -0.39 is 34.5 Å². The van der Waals surface area contributed by atoms with Crippen LogP contribution in [0.2, 0.25) is 5.28 Å². The zero-order valence-electron chi connectivity index (χ0n) is 43.5. The minimum absolute atomic E-state index is 0.0437. The predicted molar refractivity (Wildman–Crippen MR) is 278 cm³/mol. The Hall–Kier alpha value is -6.79. The van der Waals surface area contributed by atoms with E-state index in [1.165, 1.54) is 18.3 Å². The van der Waals surface area contributed by atoms with Gasteiger partial charge in [0.15, 0.2) is 34.6 Å². The number of anilines is 5. The average molecular weight is 1070 g/mol. The number of nitrogens with zero attached hydrogens (tertiary/aromatic N) is 14. The summed E-state index contributed by atoms with van der Waals surface area (Å²) in [6.07, 6.45) is 7.42. The number of benzene rings is 2. The highest BCUT2D eigenvalue weighted by Crippen LogP contribution is 2.32. The molecule has 2 atom stereocenters. The second-order valence-corrected chi connectivity index (χ2v) is 21.4. The molecule has 4 fully saturated rings. The Bertz CT molecular complexity index is 2990. The lowest BCUT2D eigenvalue weighted by atomic mass is 10.2. The number of nitrogens with one attached hydrogen (secondary N) is 1. The van der Waals surface area contributed by atoms with Crippen LogP contribution in [0.1, 0.15) is 66.5 Å². The molecule has 6 aromatic rings. The van der Waals surface area contributed by atoms with Crippen molar-refractivity contribution in [1.82, 2.24) is 58.6 Å². The Balaban J connectivity index is 0.000000166. The highest BCUT2D eigenvalue weighted by molar-refractivity contribution is 6.28. The number of hydrogen-bond acceptors (Lipinski definition) is 16. The maximum Gasteiger partial charge on any atom is 0.410 e. The van der Waals surface area contributed by atoms with E-state index in [-0.39, 0.29) is 52.6 Å². The van der Waals surface area contributed by atoms with Crippen molar-refractivity contribution >= 4 is 74.8 Å². The molecule has 20 nitrogen and oxygen atoms in total. The van der Waals surface area contributed by atoms with Crippen LogP contribution in [0.5, 0.6) is 0 Å². The van der Waals surface area contributed by atoms with Gasteiger partial charge in [-0.15, -0.1) is 0 Å². The van der Waals surface area contributed by atoms with Crippen molar-refractivity contribution in [2.75, 3.05) is 113 Å². The van der Waals surface area contributed by atoms with Crippen molar-refractivity contribution in [1.29, 1.82) is 0 Å². The quantitative estimate of drug-likeness (QED) is 0.0932. The molecular weight excluding hydrogens is 1000 g/mol. The Morgan fingerprint density at radius 3 is 1.56 bits per heavy atom. The number of halogens is 5. The molecule has 404 valence electrons. The molecule has 3 N–H and O–H groups in total. The van der Waals surface area contributed by atoms with Crippen molar-refractivity contribution < 1.29 is 36.6 Å². The van der Waals surface area contributed by atoms with E-state index in [9.17, 15) is 27.2 Å². The van der Waals surface area contributed by atoms with Crippen LogP contribution in [0.15, 0.2) is 49.3 Å². The molecular formula is C50H65ClF4N16O4. The molecule has 25 heteroatoms. The number of likely N-dealkylation sites (N-methyl/N-ethyl adjacent to an activating group) is 2. The third kappa shape index (κ3) is 13.2. The second kappa shape index (κ2) is 22.6. The van der Waals surface area contributed by atoms with Crippen LogP contribution in [-0.2, 0) is 9.47 Å². The number of carbonyl (C=O) groups is 2. The number of nitrogen functional groups attached to an aromatic ring is 1. The Morgan fingerprint density at radius 2 is 1.07 bits per heavy atom. The van der Waals surface area contributed by atoms with E-state index in [4.69, 9.17) is 26.8 Å². The van der Waals surface area contributed by atoms with Gasteiger partial charge >= 0.3 is 12.2 Å². The molecule has 8 heterocycles. The molecule has 0 bridgehead atoms. The molecule has 4 aromatic heterocycles. The van der Waals surface area contributed by atoms with E-state index >= 15 is 0 Å². The highest BCUT2D eigenvalue weighted by Gasteiger charge is 2.33. The van der Waals surface area contributed by atoms with Gasteiger partial charge in [-0.25, -0.2) is 47.1 Å². The van der Waals surface area contributed by atoms with Crippen molar-refractivity contribution in [3.8, 4) is 0 Å². The number of nitrogens with two attached hydrogens (primary N) is 1. The molecule has 0 saturated carbocycles. The Labute approximate surface area is 437 Å². The molecule has 2 aromatic carbocycles. The molecule has 0 spiro atoms. The average Bonchev–Trinajstić information content (AvgIpc) is 4.20. The number of fused-ring (bicyclic) bond motifs is 2. The van der Waals surface area contributed by atoms with E-state index in [0.717, 1.165) is 32.6 Å². The summed E-state index contributed by atoms with van der Waals surface area (Å²) in [4.78, 5) is 61.5. The van der Waals surface area contributed by atoms with Gasteiger partial charge in [0, 0.05) is 78.5 Å². The van der Waals surface area contributed by atoms with Gasteiger partial charge in [-0.2, -0.15) is 9.97 Å². The van der Waals surface area contributed by atoms with Crippen LogP contribution in [0, 0.1) is 23.3 Å². The summed E-state index contributed by atoms with van der Waals surface area (Å²) < 4.78 is 71.6. The summed E-state index contributed by atoms with van der Waals surface area (Å²) >= 11 is 5.86. The van der Waals surface area contributed by atoms with Crippen molar-refractivity contribution in [2.24, 2.45) is 0 Å². The standard InChI is InChI=1S/C25H32F2N8O2.C14H18ClN5O2.C11H15F2N3/c1-25(2,3)37-24(36)34-8-7-16(14-34)35-15-29-18-13-28-23(31-22(18)35)30-17-5-6-19(21(27)20(17)26)33-11-9-32(4)10-12-33;1-14(2,3)22-13(21)19-5-4-9(7-19)20-8-17-10-6-16-12(15)18-11(10)20;1-15-4-6-16(7-5-15)9-3-2-8(14)10(12)11(9)13/h5-6,13,15-16H,7-12,14H2,1-4H3,(H,28,30,31);6,8-9H,4-5,7H2,1-3H3;2-3H,4-7,14H2,1H3. The molecule has 2 unspecified atom stereocenters. The van der Waals surface area contributed by atoms with Gasteiger partial charge in [0.1, 0.15) is 22.2 Å². The second-order valence-electron chi connectivity index (χ2n) is 21.1.